The third kappa shape index (κ3) is 8.31. The van der Waals surface area contributed by atoms with Crippen LogP contribution in [0.4, 0.5) is 0 Å². The van der Waals surface area contributed by atoms with E-state index in [1.54, 1.807) is 20.3 Å². The molecule has 0 saturated carbocycles. The van der Waals surface area contributed by atoms with Crippen LogP contribution in [0.5, 0.6) is 0 Å². The second kappa shape index (κ2) is 13.6. The number of nitrogens with one attached hydrogen (secondary N) is 1. The zero-order valence-corrected chi connectivity index (χ0v) is 25.1. The first kappa shape index (κ1) is 31.8. The lowest BCUT2D eigenvalue weighted by molar-refractivity contribution is -0.0615. The van der Waals surface area contributed by atoms with Crippen molar-refractivity contribution >= 4 is 15.7 Å². The summed E-state index contributed by atoms with van der Waals surface area (Å²) >= 11 is 0. The number of H-pyrrole nitrogens is 1. The molecule has 0 spiro atoms. The zero-order chi connectivity index (χ0) is 28.1. The molecule has 1 N–H and O–H groups in total. The number of hydrogen-bond acceptors (Lipinski definition) is 8. The molecule has 0 aliphatic carbocycles. The van der Waals surface area contributed by atoms with Crippen LogP contribution in [0.1, 0.15) is 46.4 Å². The van der Waals surface area contributed by atoms with Crippen LogP contribution < -0.4 is 11.2 Å². The van der Waals surface area contributed by atoms with Gasteiger partial charge in [0, 0.05) is 37.1 Å². The van der Waals surface area contributed by atoms with E-state index in [0.717, 1.165) is 0 Å². The molecule has 1 aliphatic heterocycles. The van der Waals surface area contributed by atoms with E-state index in [0.29, 0.717) is 11.7 Å². The minimum atomic E-state index is -2.41. The number of nitrogens with zero attached hydrogens (tertiary/aromatic N) is 3. The highest BCUT2D eigenvalue weighted by Gasteiger charge is 2.51. The van der Waals surface area contributed by atoms with E-state index in [4.69, 9.17) is 25.1 Å². The van der Waals surface area contributed by atoms with Crippen LogP contribution in [-0.4, -0.2) is 84.4 Å². The highest BCUT2D eigenvalue weighted by molar-refractivity contribution is 7.62. The van der Waals surface area contributed by atoms with Gasteiger partial charge in [0.15, 0.2) is 6.23 Å². The van der Waals surface area contributed by atoms with Crippen LogP contribution in [-0.2, 0) is 23.1 Å². The Morgan fingerprint density at radius 1 is 1.22 bits per heavy atom. The van der Waals surface area contributed by atoms with Gasteiger partial charge < -0.3 is 27.9 Å². The van der Waals surface area contributed by atoms with E-state index in [1.165, 1.54) is 17.9 Å². The molecule has 6 atom stereocenters. The van der Waals surface area contributed by atoms with Crippen molar-refractivity contribution in [1.82, 2.24) is 14.2 Å². The molecular weight excluding hydrogens is 518 g/mol. The fourth-order valence-electron chi connectivity index (χ4n) is 4.68. The van der Waals surface area contributed by atoms with Gasteiger partial charge in [-0.15, -0.1) is 0 Å². The summed E-state index contributed by atoms with van der Waals surface area (Å²) in [4.78, 5) is 30.5. The molecule has 2 rings (SSSR count). The van der Waals surface area contributed by atoms with Gasteiger partial charge in [-0.1, -0.05) is 6.92 Å². The Labute approximate surface area is 221 Å². The molecule has 2 heterocycles. The third-order valence-electron chi connectivity index (χ3n) is 6.07. The lowest BCUT2D eigenvalue weighted by Gasteiger charge is -2.38. The van der Waals surface area contributed by atoms with Gasteiger partial charge in [0.25, 0.3) is 14.1 Å². The van der Waals surface area contributed by atoms with E-state index >= 15 is 0 Å². The number of ether oxygens (including phenoxy) is 2. The largest absolute Gasteiger partial charge is 0.374 e. The molecule has 11 nitrogen and oxygen atoms in total. The van der Waals surface area contributed by atoms with E-state index in [2.05, 4.69) is 14.5 Å². The second-order valence-electron chi connectivity index (χ2n) is 10.5. The molecule has 1 aliphatic rings. The zero-order valence-electron chi connectivity index (χ0n) is 23.3. The normalized spacial score (nSPS) is 24.1. The Morgan fingerprint density at radius 3 is 2.35 bits per heavy atom. The molecule has 1 saturated heterocycles. The molecule has 210 valence electrons. The van der Waals surface area contributed by atoms with Crippen molar-refractivity contribution in [3.05, 3.63) is 44.0 Å². The summed E-state index contributed by atoms with van der Waals surface area (Å²) in [6.07, 6.45) is -0.984. The predicted octanol–water partition coefficient (Wildman–Crippen LogP) is 3.68. The highest BCUT2D eigenvalue weighted by Crippen LogP contribution is 2.52. The number of aromatic amines is 1. The third-order valence-corrected chi connectivity index (χ3v) is 9.65. The quantitative estimate of drug-likeness (QED) is 0.221. The van der Waals surface area contributed by atoms with Crippen LogP contribution in [0.2, 0.25) is 0 Å². The summed E-state index contributed by atoms with van der Waals surface area (Å²) in [5.41, 5.74) is -0.729. The molecule has 13 heteroatoms. The molecular formula is C24H42N4O7P2. The molecule has 0 aromatic carbocycles. The monoisotopic (exact) mass is 560 g/mol. The fourth-order valence-corrected chi connectivity index (χ4v) is 8.02. The lowest BCUT2D eigenvalue weighted by atomic mass is 10.00. The minimum Gasteiger partial charge on any atom is -0.374 e. The Morgan fingerprint density at radius 2 is 1.84 bits per heavy atom. The van der Waals surface area contributed by atoms with Crippen molar-refractivity contribution in [2.24, 2.45) is 5.92 Å². The standard InChI is InChI=1S/C24H42N4O7P2/c1-15(2)28(16(3)4)36(33-12-11-25-7)35-20-19(18(6)14-37(9,10)31)34-23(21(20)32-8)27-13-17(5)22(29)26-24(27)30/h13,15-16,18-21,23H,11-12,14H2,1-6,8-10H3,(H,26,29,30)/t18-,19+,20+,21+,23+,36?/m0/s1. The molecule has 1 unspecified atom stereocenters. The molecule has 0 radical (unpaired) electrons. The molecule has 0 amide bonds. The molecule has 1 fully saturated rings. The van der Waals surface area contributed by atoms with Gasteiger partial charge in [-0.3, -0.25) is 14.3 Å². The predicted molar refractivity (Wildman–Crippen MR) is 146 cm³/mol. The van der Waals surface area contributed by atoms with Crippen molar-refractivity contribution in [1.29, 1.82) is 0 Å². The summed E-state index contributed by atoms with van der Waals surface area (Å²) in [6, 6.07) is 0.176. The fraction of sp³-hybridized carbons (Fsp3) is 0.792. The minimum absolute atomic E-state index is 0.0880. The van der Waals surface area contributed by atoms with E-state index in [-0.39, 0.29) is 31.2 Å². The van der Waals surface area contributed by atoms with Crippen LogP contribution >= 0.6 is 15.7 Å². The number of aromatic nitrogens is 2. The lowest BCUT2D eigenvalue weighted by Crippen LogP contribution is -2.42. The maximum Gasteiger partial charge on any atom is 0.330 e. The second-order valence-corrected chi connectivity index (χ2v) is 15.4. The number of aryl methyl sites for hydroxylation is 1. The maximum atomic E-state index is 12.8. The average molecular weight is 561 g/mol. The van der Waals surface area contributed by atoms with Gasteiger partial charge in [0.2, 0.25) is 6.54 Å². The van der Waals surface area contributed by atoms with Crippen LogP contribution in [0.3, 0.4) is 0 Å². The summed E-state index contributed by atoms with van der Waals surface area (Å²) < 4.78 is 41.3. The molecule has 1 aromatic rings. The first-order valence-corrected chi connectivity index (χ1v) is 16.4. The van der Waals surface area contributed by atoms with Gasteiger partial charge in [-0.05, 0) is 53.9 Å². The maximum absolute atomic E-state index is 12.8. The van der Waals surface area contributed by atoms with Crippen molar-refractivity contribution < 1.29 is 23.1 Å². The van der Waals surface area contributed by atoms with Gasteiger partial charge >= 0.3 is 5.69 Å². The first-order chi connectivity index (χ1) is 17.2. The number of methoxy groups -OCH3 is 1. The van der Waals surface area contributed by atoms with Crippen LogP contribution in [0.15, 0.2) is 15.8 Å². The van der Waals surface area contributed by atoms with Crippen molar-refractivity contribution in [3.8, 4) is 0 Å². The van der Waals surface area contributed by atoms with Crippen LogP contribution in [0, 0.1) is 19.4 Å². The highest BCUT2D eigenvalue weighted by atomic mass is 31.2. The first-order valence-electron chi connectivity index (χ1n) is 12.5. The van der Waals surface area contributed by atoms with Crippen molar-refractivity contribution in [2.45, 2.75) is 78.2 Å². The Kier molecular flexibility index (Phi) is 11.7. The van der Waals surface area contributed by atoms with Crippen LogP contribution in [0.25, 0.3) is 4.85 Å². The number of rotatable bonds is 13. The SMILES string of the molecule is [C-]#[N+]CCOP(O[C@H]1[C@@H](OC)[C@H](n2cc(C)c(=O)[nH]c2=O)O[C@@H]1[C@@H](C)CP(C)(C)=O)N(C(C)C)C(C)C. The average Bonchev–Trinajstić information content (AvgIpc) is 3.12. The van der Waals surface area contributed by atoms with E-state index in [1.807, 2.05) is 34.6 Å². The summed E-state index contributed by atoms with van der Waals surface area (Å²) in [7, 11) is -2.53. The van der Waals surface area contributed by atoms with E-state index < -0.39 is 51.5 Å². The Balaban J connectivity index is 2.56. The van der Waals surface area contributed by atoms with Crippen molar-refractivity contribution in [2.75, 3.05) is 39.8 Å². The summed E-state index contributed by atoms with van der Waals surface area (Å²) in [5.74, 6) is -0.195. The topological polar surface area (TPSA) is 116 Å². The molecule has 37 heavy (non-hydrogen) atoms. The van der Waals surface area contributed by atoms with Gasteiger partial charge in [-0.25, -0.2) is 16.0 Å². The van der Waals surface area contributed by atoms with E-state index in [9.17, 15) is 14.2 Å². The Bertz CT molecular complexity index is 1090. The van der Waals surface area contributed by atoms with Gasteiger partial charge in [-0.2, -0.15) is 0 Å². The smallest absolute Gasteiger partial charge is 0.330 e. The van der Waals surface area contributed by atoms with Gasteiger partial charge in [0.05, 0.1) is 13.2 Å². The molecule has 1 aromatic heterocycles. The van der Waals surface area contributed by atoms with Gasteiger partial charge in [0.1, 0.15) is 18.8 Å². The molecule has 0 bridgehead atoms. The summed E-state index contributed by atoms with van der Waals surface area (Å²) in [5, 5.41) is 0. The summed E-state index contributed by atoms with van der Waals surface area (Å²) in [6.45, 7) is 22.7. The Hall–Kier alpha value is -1.37. The van der Waals surface area contributed by atoms with Crippen molar-refractivity contribution in [3.63, 3.8) is 0 Å². The number of hydrogen-bond donors (Lipinski definition) is 1.